The number of para-hydroxylation sites is 1. The van der Waals surface area contributed by atoms with Gasteiger partial charge in [0, 0.05) is 4.47 Å². The smallest absolute Gasteiger partial charge is 0.337 e. The number of carboxylic acids is 1. The van der Waals surface area contributed by atoms with E-state index < -0.39 is 16.0 Å². The summed E-state index contributed by atoms with van der Waals surface area (Å²) in [5.41, 5.74) is 0.0226. The maximum Gasteiger partial charge on any atom is 0.337 e. The number of halogens is 1. The number of carboxylic acid groups (broad SMARTS) is 1. The van der Waals surface area contributed by atoms with Gasteiger partial charge in [0.05, 0.1) is 17.0 Å². The molecule has 1 saturated carbocycles. The number of hydrogen-bond donors (Lipinski definition) is 2. The lowest BCUT2D eigenvalue weighted by molar-refractivity contribution is 0.0698. The van der Waals surface area contributed by atoms with Crippen LogP contribution in [0.1, 0.15) is 23.2 Å². The molecule has 1 aromatic carbocycles. The Bertz CT molecular complexity index is 581. The first kappa shape index (κ1) is 13.4. The van der Waals surface area contributed by atoms with E-state index in [0.717, 1.165) is 12.8 Å². The molecule has 5 nitrogen and oxygen atoms in total. The second-order valence-corrected chi connectivity index (χ2v) is 6.92. The van der Waals surface area contributed by atoms with Gasteiger partial charge in [-0.05, 0) is 46.8 Å². The van der Waals surface area contributed by atoms with Crippen LogP contribution in [0.5, 0.6) is 0 Å². The van der Waals surface area contributed by atoms with E-state index in [2.05, 4.69) is 20.7 Å². The number of carbonyl (C=O) groups is 1. The number of benzene rings is 1. The number of anilines is 1. The Morgan fingerprint density at radius 1 is 1.44 bits per heavy atom. The summed E-state index contributed by atoms with van der Waals surface area (Å²) in [4.78, 5) is 11.0. The molecule has 18 heavy (non-hydrogen) atoms. The third-order valence-electron chi connectivity index (χ3n) is 2.65. The summed E-state index contributed by atoms with van der Waals surface area (Å²) >= 11 is 3.16. The average molecular weight is 334 g/mol. The Labute approximate surface area is 113 Å². The molecule has 0 radical (unpaired) electrons. The fourth-order valence-corrected chi connectivity index (χ4v) is 3.76. The highest BCUT2D eigenvalue weighted by Gasteiger charge is 2.29. The lowest BCUT2D eigenvalue weighted by Gasteiger charge is -2.11. The van der Waals surface area contributed by atoms with E-state index in [1.807, 2.05) is 0 Å². The van der Waals surface area contributed by atoms with E-state index in [1.165, 1.54) is 6.07 Å². The SMILES string of the molecule is O=C(O)c1cccc(Br)c1NS(=O)(=O)CC1CC1. The molecule has 0 saturated heterocycles. The van der Waals surface area contributed by atoms with Crippen LogP contribution >= 0.6 is 15.9 Å². The summed E-state index contributed by atoms with van der Waals surface area (Å²) in [7, 11) is -3.49. The lowest BCUT2D eigenvalue weighted by atomic mass is 10.2. The lowest BCUT2D eigenvalue weighted by Crippen LogP contribution is -2.20. The molecule has 0 atom stereocenters. The number of rotatable bonds is 5. The van der Waals surface area contributed by atoms with Crippen molar-refractivity contribution in [2.75, 3.05) is 10.5 Å². The summed E-state index contributed by atoms with van der Waals surface area (Å²) in [5.74, 6) is -0.911. The quantitative estimate of drug-likeness (QED) is 0.865. The molecule has 2 N–H and O–H groups in total. The van der Waals surface area contributed by atoms with Crippen molar-refractivity contribution in [3.8, 4) is 0 Å². The zero-order valence-corrected chi connectivity index (χ0v) is 11.8. The predicted molar refractivity (Wildman–Crippen MR) is 71.2 cm³/mol. The number of hydrogen-bond acceptors (Lipinski definition) is 3. The van der Waals surface area contributed by atoms with Crippen LogP contribution in [0.3, 0.4) is 0 Å². The van der Waals surface area contributed by atoms with E-state index >= 15 is 0 Å². The minimum Gasteiger partial charge on any atom is -0.478 e. The number of nitrogens with one attached hydrogen (secondary N) is 1. The van der Waals surface area contributed by atoms with Crippen molar-refractivity contribution in [3.63, 3.8) is 0 Å². The van der Waals surface area contributed by atoms with Crippen LogP contribution < -0.4 is 4.72 Å². The maximum absolute atomic E-state index is 11.9. The molecule has 0 spiro atoms. The fraction of sp³-hybridized carbons (Fsp3) is 0.364. The van der Waals surface area contributed by atoms with Crippen LogP contribution in [0.25, 0.3) is 0 Å². The topological polar surface area (TPSA) is 83.5 Å². The highest BCUT2D eigenvalue weighted by Crippen LogP contribution is 2.32. The Morgan fingerprint density at radius 2 is 2.11 bits per heavy atom. The van der Waals surface area contributed by atoms with Crippen LogP contribution in [0, 0.1) is 5.92 Å². The third kappa shape index (κ3) is 3.23. The van der Waals surface area contributed by atoms with E-state index in [0.29, 0.717) is 4.47 Å². The van der Waals surface area contributed by atoms with Gasteiger partial charge in [-0.1, -0.05) is 6.07 Å². The van der Waals surface area contributed by atoms with Gasteiger partial charge in [0.1, 0.15) is 0 Å². The van der Waals surface area contributed by atoms with Crippen molar-refractivity contribution in [3.05, 3.63) is 28.2 Å². The molecular weight excluding hydrogens is 322 g/mol. The molecule has 1 aromatic rings. The Kier molecular flexibility index (Phi) is 3.63. The van der Waals surface area contributed by atoms with Gasteiger partial charge in [-0.15, -0.1) is 0 Å². The van der Waals surface area contributed by atoms with Crippen molar-refractivity contribution in [2.45, 2.75) is 12.8 Å². The molecule has 0 amide bonds. The van der Waals surface area contributed by atoms with Crippen LogP contribution in [0.15, 0.2) is 22.7 Å². The summed E-state index contributed by atoms with van der Waals surface area (Å²) in [6, 6.07) is 4.51. The minimum atomic E-state index is -3.49. The van der Waals surface area contributed by atoms with Gasteiger partial charge in [0.25, 0.3) is 0 Å². The Balaban J connectivity index is 2.29. The average Bonchev–Trinajstić information content (AvgIpc) is 3.03. The van der Waals surface area contributed by atoms with E-state index in [9.17, 15) is 13.2 Å². The van der Waals surface area contributed by atoms with E-state index in [1.54, 1.807) is 12.1 Å². The molecule has 0 aromatic heterocycles. The molecule has 1 aliphatic carbocycles. The van der Waals surface area contributed by atoms with Crippen molar-refractivity contribution >= 4 is 37.6 Å². The van der Waals surface area contributed by atoms with Gasteiger partial charge in [-0.25, -0.2) is 13.2 Å². The summed E-state index contributed by atoms with van der Waals surface area (Å²) in [5, 5.41) is 9.03. The molecule has 0 bridgehead atoms. The van der Waals surface area contributed by atoms with Crippen molar-refractivity contribution in [2.24, 2.45) is 5.92 Å². The molecular formula is C11H12BrNO4S. The Morgan fingerprint density at radius 3 is 2.67 bits per heavy atom. The number of aromatic carboxylic acids is 1. The highest BCUT2D eigenvalue weighted by atomic mass is 79.9. The summed E-state index contributed by atoms with van der Waals surface area (Å²) in [6.07, 6.45) is 1.84. The molecule has 2 rings (SSSR count). The predicted octanol–water partition coefficient (Wildman–Crippen LogP) is 2.30. The molecule has 1 fully saturated rings. The molecule has 0 unspecified atom stereocenters. The zero-order chi connectivity index (χ0) is 13.3. The van der Waals surface area contributed by atoms with Crippen LogP contribution in [0.2, 0.25) is 0 Å². The van der Waals surface area contributed by atoms with Gasteiger partial charge in [-0.2, -0.15) is 0 Å². The standard InChI is InChI=1S/C11H12BrNO4S/c12-9-3-1-2-8(11(14)15)10(9)13-18(16,17)6-7-4-5-7/h1-3,7,13H,4-6H2,(H,14,15). The largest absolute Gasteiger partial charge is 0.478 e. The first-order valence-electron chi connectivity index (χ1n) is 5.41. The molecule has 1 aliphatic rings. The monoisotopic (exact) mass is 333 g/mol. The minimum absolute atomic E-state index is 0.0490. The Hall–Kier alpha value is -1.08. The molecule has 0 heterocycles. The van der Waals surface area contributed by atoms with Gasteiger partial charge in [0.15, 0.2) is 0 Å². The zero-order valence-electron chi connectivity index (χ0n) is 9.39. The van der Waals surface area contributed by atoms with Gasteiger partial charge < -0.3 is 5.11 Å². The fourth-order valence-electron chi connectivity index (χ4n) is 1.60. The van der Waals surface area contributed by atoms with Crippen LogP contribution in [0.4, 0.5) is 5.69 Å². The van der Waals surface area contributed by atoms with E-state index in [-0.39, 0.29) is 22.9 Å². The normalized spacial score (nSPS) is 15.4. The van der Waals surface area contributed by atoms with Crippen molar-refractivity contribution in [1.82, 2.24) is 0 Å². The molecule has 7 heteroatoms. The molecule has 98 valence electrons. The molecule has 0 aliphatic heterocycles. The first-order valence-corrected chi connectivity index (χ1v) is 7.86. The van der Waals surface area contributed by atoms with Crippen LogP contribution in [-0.2, 0) is 10.0 Å². The van der Waals surface area contributed by atoms with Crippen molar-refractivity contribution in [1.29, 1.82) is 0 Å². The van der Waals surface area contributed by atoms with Gasteiger partial charge in [-0.3, -0.25) is 4.72 Å². The van der Waals surface area contributed by atoms with E-state index in [4.69, 9.17) is 5.11 Å². The van der Waals surface area contributed by atoms with Crippen molar-refractivity contribution < 1.29 is 18.3 Å². The second-order valence-electron chi connectivity index (χ2n) is 4.29. The third-order valence-corrected chi connectivity index (χ3v) is 4.74. The highest BCUT2D eigenvalue weighted by molar-refractivity contribution is 9.10. The van der Waals surface area contributed by atoms with Crippen LogP contribution in [-0.4, -0.2) is 25.2 Å². The first-order chi connectivity index (χ1) is 8.39. The second kappa shape index (κ2) is 4.89. The van der Waals surface area contributed by atoms with Gasteiger partial charge >= 0.3 is 5.97 Å². The van der Waals surface area contributed by atoms with Gasteiger partial charge in [0.2, 0.25) is 10.0 Å². The number of sulfonamides is 1. The summed E-state index contributed by atoms with van der Waals surface area (Å²) < 4.78 is 26.5. The maximum atomic E-state index is 11.9. The summed E-state index contributed by atoms with van der Waals surface area (Å²) in [6.45, 7) is 0.